The monoisotopic (exact) mass is 337 g/mol. The molecule has 9 heteroatoms. The van der Waals surface area contributed by atoms with Gasteiger partial charge < -0.3 is 9.73 Å². The van der Waals surface area contributed by atoms with Gasteiger partial charge in [0.1, 0.15) is 5.76 Å². The molecule has 0 aliphatic heterocycles. The summed E-state index contributed by atoms with van der Waals surface area (Å²) in [6.45, 7) is 1.97. The second-order valence-corrected chi connectivity index (χ2v) is 6.00. The van der Waals surface area contributed by atoms with Crippen molar-refractivity contribution in [3.8, 4) is 0 Å². The lowest BCUT2D eigenvalue weighted by atomic mass is 10.2. The van der Waals surface area contributed by atoms with Gasteiger partial charge in [-0.25, -0.2) is 5.43 Å². The second kappa shape index (κ2) is 7.07. The number of furan rings is 1. The molecule has 23 heavy (non-hydrogen) atoms. The fourth-order valence-corrected chi connectivity index (χ4v) is 2.13. The van der Waals surface area contributed by atoms with Crippen LogP contribution >= 0.6 is 0 Å². The van der Waals surface area contributed by atoms with Crippen LogP contribution in [-0.4, -0.2) is 31.6 Å². The van der Waals surface area contributed by atoms with Gasteiger partial charge in [-0.15, -0.1) is 0 Å². The average Bonchev–Trinajstić information content (AvgIpc) is 2.94. The van der Waals surface area contributed by atoms with Crippen LogP contribution in [0.1, 0.15) is 11.3 Å². The number of rotatable bonds is 6. The zero-order valence-corrected chi connectivity index (χ0v) is 13.0. The minimum Gasteiger partial charge on any atom is -0.441 e. The van der Waals surface area contributed by atoms with Crippen molar-refractivity contribution >= 4 is 27.9 Å². The molecule has 0 saturated carbocycles. The van der Waals surface area contributed by atoms with Crippen molar-refractivity contribution in [3.63, 3.8) is 0 Å². The van der Waals surface area contributed by atoms with E-state index in [2.05, 4.69) is 15.8 Å². The number of amides is 1. The van der Waals surface area contributed by atoms with Crippen LogP contribution < -0.4 is 10.7 Å². The van der Waals surface area contributed by atoms with Crippen LogP contribution in [0.2, 0.25) is 0 Å². The minimum absolute atomic E-state index is 0.0230. The van der Waals surface area contributed by atoms with Gasteiger partial charge >= 0.3 is 10.1 Å². The van der Waals surface area contributed by atoms with Crippen molar-refractivity contribution in [1.29, 1.82) is 0 Å². The Kier molecular flexibility index (Phi) is 5.14. The number of anilines is 1. The Morgan fingerprint density at radius 2 is 2.13 bits per heavy atom. The molecule has 3 N–H and O–H groups in total. The van der Waals surface area contributed by atoms with Crippen molar-refractivity contribution < 1.29 is 22.2 Å². The lowest BCUT2D eigenvalue weighted by Gasteiger charge is -2.05. The summed E-state index contributed by atoms with van der Waals surface area (Å²) < 4.78 is 35.2. The van der Waals surface area contributed by atoms with Gasteiger partial charge in [-0.3, -0.25) is 9.35 Å². The zero-order valence-electron chi connectivity index (χ0n) is 12.2. The molecule has 0 aliphatic rings. The number of hydrogen-bond acceptors (Lipinski definition) is 6. The summed E-state index contributed by atoms with van der Waals surface area (Å²) in [4.78, 5) is 11.6. The van der Waals surface area contributed by atoms with E-state index in [4.69, 9.17) is 8.97 Å². The van der Waals surface area contributed by atoms with Gasteiger partial charge in [0, 0.05) is 5.69 Å². The van der Waals surface area contributed by atoms with Gasteiger partial charge in [0.25, 0.3) is 5.91 Å². The number of aryl methyl sites for hydroxylation is 1. The maximum Gasteiger partial charge on any atom is 0.328 e. The first-order valence-electron chi connectivity index (χ1n) is 6.54. The maximum atomic E-state index is 11.6. The van der Waals surface area contributed by atoms with Crippen molar-refractivity contribution in [2.45, 2.75) is 12.0 Å². The Balaban J connectivity index is 1.83. The molecule has 0 atom stereocenters. The van der Waals surface area contributed by atoms with Gasteiger partial charge in [0.2, 0.25) is 5.09 Å². The fourth-order valence-electron chi connectivity index (χ4n) is 1.69. The maximum absolute atomic E-state index is 11.6. The summed E-state index contributed by atoms with van der Waals surface area (Å²) in [5, 5.41) is 5.98. The van der Waals surface area contributed by atoms with E-state index in [9.17, 15) is 13.2 Å². The smallest absolute Gasteiger partial charge is 0.328 e. The lowest BCUT2D eigenvalue weighted by molar-refractivity contribution is -0.119. The molecule has 0 saturated heterocycles. The molecule has 0 bridgehead atoms. The molecule has 2 rings (SSSR count). The molecule has 1 aromatic heterocycles. The first-order valence-corrected chi connectivity index (χ1v) is 7.98. The first-order chi connectivity index (χ1) is 10.8. The van der Waals surface area contributed by atoms with E-state index < -0.39 is 15.2 Å². The molecule has 122 valence electrons. The Labute approximate surface area is 132 Å². The molecule has 1 amide bonds. The van der Waals surface area contributed by atoms with E-state index in [1.54, 1.807) is 0 Å². The summed E-state index contributed by atoms with van der Waals surface area (Å²) >= 11 is 0. The molecule has 2 aromatic rings. The normalized spacial score (nSPS) is 11.6. The molecule has 1 heterocycles. The number of carbonyl (C=O) groups excluding carboxylic acids is 1. The zero-order chi connectivity index (χ0) is 16.9. The lowest BCUT2D eigenvalue weighted by Crippen LogP contribution is -2.25. The van der Waals surface area contributed by atoms with Crippen molar-refractivity contribution in [2.75, 3.05) is 11.9 Å². The number of benzene rings is 1. The SMILES string of the molecule is Cc1cccc(NCC(=O)NN=Cc2ccc(S(=O)(=O)O)o2)c1. The topological polar surface area (TPSA) is 121 Å². The largest absolute Gasteiger partial charge is 0.441 e. The number of nitrogens with one attached hydrogen (secondary N) is 2. The van der Waals surface area contributed by atoms with Crippen molar-refractivity contribution in [1.82, 2.24) is 5.43 Å². The second-order valence-electron chi connectivity index (χ2n) is 4.65. The molecule has 8 nitrogen and oxygen atoms in total. The summed E-state index contributed by atoms with van der Waals surface area (Å²) in [7, 11) is -4.39. The third kappa shape index (κ3) is 5.24. The summed E-state index contributed by atoms with van der Waals surface area (Å²) in [5.74, 6) is -0.311. The van der Waals surface area contributed by atoms with Gasteiger partial charge in [0.15, 0.2) is 0 Å². The number of hydrazone groups is 1. The highest BCUT2D eigenvalue weighted by Crippen LogP contribution is 2.11. The molecule has 1 aromatic carbocycles. The fraction of sp³-hybridized carbons (Fsp3) is 0.143. The van der Waals surface area contributed by atoms with E-state index in [1.807, 2.05) is 31.2 Å². The molecule has 0 fully saturated rings. The molecular weight excluding hydrogens is 322 g/mol. The Hall–Kier alpha value is -2.65. The standard InChI is InChI=1S/C14H15N3O5S/c1-10-3-2-4-11(7-10)15-9-13(18)17-16-8-12-5-6-14(22-12)23(19,20)21/h2-8,15H,9H2,1H3,(H,17,18)(H,19,20,21). The molecule has 0 radical (unpaired) electrons. The Morgan fingerprint density at radius 1 is 1.35 bits per heavy atom. The Bertz CT molecular complexity index is 826. The van der Waals surface area contributed by atoms with Crippen LogP contribution in [-0.2, 0) is 14.9 Å². The molecule has 0 unspecified atom stereocenters. The van der Waals surface area contributed by atoms with Crippen LogP contribution in [0.4, 0.5) is 5.69 Å². The Morgan fingerprint density at radius 3 is 2.78 bits per heavy atom. The quantitative estimate of drug-likeness (QED) is 0.416. The van der Waals surface area contributed by atoms with E-state index >= 15 is 0 Å². The average molecular weight is 337 g/mol. The number of hydrogen-bond donors (Lipinski definition) is 3. The predicted molar refractivity (Wildman–Crippen MR) is 83.9 cm³/mol. The van der Waals surface area contributed by atoms with Gasteiger partial charge in [-0.2, -0.15) is 13.5 Å². The van der Waals surface area contributed by atoms with Crippen molar-refractivity contribution in [3.05, 3.63) is 47.7 Å². The highest BCUT2D eigenvalue weighted by atomic mass is 32.2. The summed E-state index contributed by atoms with van der Waals surface area (Å²) in [5.41, 5.74) is 4.14. The van der Waals surface area contributed by atoms with Gasteiger partial charge in [-0.05, 0) is 36.8 Å². The van der Waals surface area contributed by atoms with E-state index in [0.717, 1.165) is 23.5 Å². The molecule has 0 spiro atoms. The van der Waals surface area contributed by atoms with Crippen LogP contribution in [0.15, 0.2) is 51.0 Å². The van der Waals surface area contributed by atoms with Gasteiger partial charge in [-0.1, -0.05) is 12.1 Å². The summed E-state index contributed by atoms with van der Waals surface area (Å²) in [6, 6.07) is 9.93. The molecular formula is C14H15N3O5S. The van der Waals surface area contributed by atoms with E-state index in [0.29, 0.717) is 0 Å². The van der Waals surface area contributed by atoms with Gasteiger partial charge in [0.05, 0.1) is 12.8 Å². The summed E-state index contributed by atoms with van der Waals surface area (Å²) in [6.07, 6.45) is 1.12. The van der Waals surface area contributed by atoms with Crippen LogP contribution in [0.25, 0.3) is 0 Å². The van der Waals surface area contributed by atoms with Crippen LogP contribution in [0, 0.1) is 6.92 Å². The van der Waals surface area contributed by atoms with Crippen molar-refractivity contribution in [2.24, 2.45) is 5.10 Å². The first kappa shape index (κ1) is 16.7. The third-order valence-corrected chi connectivity index (χ3v) is 3.44. The predicted octanol–water partition coefficient (Wildman–Crippen LogP) is 1.40. The van der Waals surface area contributed by atoms with Crippen LogP contribution in [0.3, 0.4) is 0 Å². The number of carbonyl (C=O) groups is 1. The third-order valence-electron chi connectivity index (χ3n) is 2.71. The number of nitrogens with zero attached hydrogens (tertiary/aromatic N) is 1. The van der Waals surface area contributed by atoms with Crippen LogP contribution in [0.5, 0.6) is 0 Å². The minimum atomic E-state index is -4.39. The van der Waals surface area contributed by atoms with E-state index in [1.165, 1.54) is 6.07 Å². The highest BCUT2D eigenvalue weighted by molar-refractivity contribution is 7.85. The van der Waals surface area contributed by atoms with E-state index in [-0.39, 0.29) is 18.2 Å². The molecule has 0 aliphatic carbocycles. The highest BCUT2D eigenvalue weighted by Gasteiger charge is 2.13.